The van der Waals surface area contributed by atoms with Gasteiger partial charge in [0.15, 0.2) is 11.3 Å². The van der Waals surface area contributed by atoms with Gasteiger partial charge in [-0.2, -0.15) is 0 Å². The lowest BCUT2D eigenvalue weighted by molar-refractivity contribution is -0.435. The molecule has 8 heteroatoms. The number of nitrogens with zero attached hydrogens (tertiary/aromatic N) is 3. The second-order valence-electron chi connectivity index (χ2n) is 5.17. The largest absolute Gasteiger partial charge is 0.365 e. The first-order valence-corrected chi connectivity index (χ1v) is 7.64. The second-order valence-corrected chi connectivity index (χ2v) is 5.58. The zero-order chi connectivity index (χ0) is 18.0. The molecular formula is C17H13ClN5O2+. The molecule has 0 spiro atoms. The summed E-state index contributed by atoms with van der Waals surface area (Å²) in [6.45, 7) is 1.38. The van der Waals surface area contributed by atoms with Gasteiger partial charge in [0.25, 0.3) is 11.6 Å². The third kappa shape index (κ3) is 3.47. The molecule has 0 bridgehead atoms. The van der Waals surface area contributed by atoms with Gasteiger partial charge in [0.05, 0.1) is 11.1 Å². The highest BCUT2D eigenvalue weighted by Gasteiger charge is 2.30. The number of nitrogens with two attached hydrogens (primary N) is 1. The molecule has 124 valence electrons. The van der Waals surface area contributed by atoms with Gasteiger partial charge in [0.2, 0.25) is 11.8 Å². The maximum Gasteiger partial charge on any atom is 0.265 e. The van der Waals surface area contributed by atoms with E-state index in [1.54, 1.807) is 36.4 Å². The van der Waals surface area contributed by atoms with E-state index in [1.807, 2.05) is 0 Å². The summed E-state index contributed by atoms with van der Waals surface area (Å²) in [5.74, 6) is 2.28. The Kier molecular flexibility index (Phi) is 4.43. The standard InChI is InChI=1S/C17H12ClN5O2/c1-10(24)21-15-8-11(6-7-20-15)23-9-13(17(19)25)16(22-23)12-4-2-3-5-14(12)18/h2-8H,1H3,(H2-,19,20,21,24,25)/p+1. The van der Waals surface area contributed by atoms with E-state index >= 15 is 0 Å². The quantitative estimate of drug-likeness (QED) is 0.819. The van der Waals surface area contributed by atoms with Crippen molar-refractivity contribution in [1.29, 1.82) is 0 Å². The van der Waals surface area contributed by atoms with Crippen LogP contribution in [0, 0.1) is 0 Å². The predicted molar refractivity (Wildman–Crippen MR) is 94.2 cm³/mol. The van der Waals surface area contributed by atoms with Crippen LogP contribution in [0.4, 0.5) is 11.5 Å². The Balaban J connectivity index is 2.08. The maximum atomic E-state index is 11.8. The monoisotopic (exact) mass is 354 g/mol. The lowest BCUT2D eigenvalue weighted by Gasteiger charge is -2.02. The Hall–Kier alpha value is -3.28. The number of primary amides is 1. The highest BCUT2D eigenvalue weighted by molar-refractivity contribution is 6.40. The van der Waals surface area contributed by atoms with Gasteiger partial charge < -0.3 is 11.1 Å². The summed E-state index contributed by atoms with van der Waals surface area (Å²) in [4.78, 5) is 27.0. The molecule has 0 saturated heterocycles. The molecule has 3 rings (SSSR count). The van der Waals surface area contributed by atoms with Crippen molar-refractivity contribution in [2.75, 3.05) is 5.32 Å². The van der Waals surface area contributed by atoms with Crippen LogP contribution < -0.4 is 11.1 Å². The molecule has 1 aromatic heterocycles. The van der Waals surface area contributed by atoms with Crippen LogP contribution in [0.15, 0.2) is 53.3 Å². The Morgan fingerprint density at radius 1 is 1.28 bits per heavy atom. The fourth-order valence-corrected chi connectivity index (χ4v) is 2.49. The van der Waals surface area contributed by atoms with Crippen molar-refractivity contribution in [2.45, 2.75) is 6.92 Å². The third-order valence-corrected chi connectivity index (χ3v) is 3.65. The van der Waals surface area contributed by atoms with Crippen LogP contribution in [0.2, 0.25) is 5.02 Å². The lowest BCUT2D eigenvalue weighted by atomic mass is 10.0. The van der Waals surface area contributed by atoms with Gasteiger partial charge >= 0.3 is 0 Å². The van der Waals surface area contributed by atoms with Crippen LogP contribution in [-0.4, -0.2) is 33.1 Å². The van der Waals surface area contributed by atoms with Crippen molar-refractivity contribution in [3.05, 3.63) is 58.8 Å². The SMILES string of the molecule is CC(=O)Nc1cc([N+]2=C=C(C(N)=O)C(c3ccccc3Cl)=N2)ccn1. The Bertz CT molecular complexity index is 990. The molecule has 1 aliphatic heterocycles. The first-order chi connectivity index (χ1) is 12.0. The van der Waals surface area contributed by atoms with Crippen LogP contribution in [0.25, 0.3) is 0 Å². The van der Waals surface area contributed by atoms with E-state index in [0.717, 1.165) is 0 Å². The van der Waals surface area contributed by atoms with Crippen LogP contribution in [0.5, 0.6) is 0 Å². The Morgan fingerprint density at radius 3 is 2.72 bits per heavy atom. The van der Waals surface area contributed by atoms with Gasteiger partial charge in [-0.1, -0.05) is 29.8 Å². The molecule has 0 atom stereocenters. The third-order valence-electron chi connectivity index (χ3n) is 3.32. The molecule has 0 fully saturated rings. The van der Waals surface area contributed by atoms with Gasteiger partial charge in [-0.3, -0.25) is 9.59 Å². The van der Waals surface area contributed by atoms with Gasteiger partial charge in [0, 0.05) is 34.5 Å². The normalized spacial score (nSPS) is 13.0. The number of aromatic nitrogens is 1. The number of pyridine rings is 1. The summed E-state index contributed by atoms with van der Waals surface area (Å²) >= 11 is 6.20. The zero-order valence-electron chi connectivity index (χ0n) is 13.2. The van der Waals surface area contributed by atoms with Crippen molar-refractivity contribution < 1.29 is 14.3 Å². The fraction of sp³-hybridized carbons (Fsp3) is 0.0588. The van der Waals surface area contributed by atoms with Crippen LogP contribution in [0.3, 0.4) is 0 Å². The summed E-state index contributed by atoms with van der Waals surface area (Å²) < 4.78 is 1.37. The number of rotatable bonds is 4. The average Bonchev–Trinajstić information content (AvgIpc) is 3.00. The van der Waals surface area contributed by atoms with E-state index in [1.165, 1.54) is 17.8 Å². The van der Waals surface area contributed by atoms with Gasteiger partial charge in [0.1, 0.15) is 5.82 Å². The molecule has 1 aliphatic rings. The van der Waals surface area contributed by atoms with Crippen molar-refractivity contribution in [1.82, 2.24) is 4.98 Å². The molecule has 2 heterocycles. The Labute approximate surface area is 148 Å². The number of carbonyl (C=O) groups is 2. The predicted octanol–water partition coefficient (Wildman–Crippen LogP) is 1.84. The number of hydrazone groups is 1. The minimum absolute atomic E-state index is 0.117. The molecule has 0 aliphatic carbocycles. The van der Waals surface area contributed by atoms with Gasteiger partial charge in [-0.05, 0) is 6.07 Å². The molecule has 7 nitrogen and oxygen atoms in total. The molecule has 1 aromatic carbocycles. The number of hydrogen-bond donors (Lipinski definition) is 2. The number of amides is 2. The highest BCUT2D eigenvalue weighted by atomic mass is 35.5. The number of halogens is 1. The van der Waals surface area contributed by atoms with Crippen molar-refractivity contribution >= 4 is 46.5 Å². The molecule has 3 N–H and O–H groups in total. The Morgan fingerprint density at radius 2 is 2.04 bits per heavy atom. The van der Waals surface area contributed by atoms with E-state index < -0.39 is 5.91 Å². The van der Waals surface area contributed by atoms with Gasteiger partial charge in [-0.15, -0.1) is 0 Å². The van der Waals surface area contributed by atoms with Crippen molar-refractivity contribution in [3.8, 4) is 0 Å². The molecule has 2 aromatic rings. The van der Waals surface area contributed by atoms with Crippen molar-refractivity contribution in [2.24, 2.45) is 10.8 Å². The topological polar surface area (TPSA) is 100 Å². The van der Waals surface area contributed by atoms with Crippen LogP contribution in [-0.2, 0) is 9.59 Å². The molecular weight excluding hydrogens is 342 g/mol. The van der Waals surface area contributed by atoms with E-state index in [9.17, 15) is 9.59 Å². The van der Waals surface area contributed by atoms with Crippen LogP contribution >= 0.6 is 11.6 Å². The maximum absolute atomic E-state index is 11.8. The average molecular weight is 355 g/mol. The highest BCUT2D eigenvalue weighted by Crippen LogP contribution is 2.23. The smallest absolute Gasteiger partial charge is 0.265 e. The number of hydrogen-bond acceptors (Lipinski definition) is 4. The summed E-state index contributed by atoms with van der Waals surface area (Å²) in [5.41, 5.74) is 7.03. The molecule has 25 heavy (non-hydrogen) atoms. The van der Waals surface area contributed by atoms with Crippen molar-refractivity contribution in [3.63, 3.8) is 0 Å². The first-order valence-electron chi connectivity index (χ1n) is 7.27. The lowest BCUT2D eigenvalue weighted by Crippen LogP contribution is -2.20. The van der Waals surface area contributed by atoms with Crippen LogP contribution in [0.1, 0.15) is 12.5 Å². The number of anilines is 1. The van der Waals surface area contributed by atoms with E-state index in [-0.39, 0.29) is 11.5 Å². The fourth-order valence-electron chi connectivity index (χ4n) is 2.27. The summed E-state index contributed by atoms with van der Waals surface area (Å²) in [6, 6.07) is 10.3. The molecule has 2 amide bonds. The summed E-state index contributed by atoms with van der Waals surface area (Å²) in [5, 5.41) is 7.41. The minimum Gasteiger partial charge on any atom is -0.365 e. The second kappa shape index (κ2) is 6.68. The molecule has 0 unspecified atom stereocenters. The number of carbonyl (C=O) groups excluding carboxylic acids is 2. The minimum atomic E-state index is -0.669. The van der Waals surface area contributed by atoms with Gasteiger partial charge in [-0.25, -0.2) is 4.98 Å². The first kappa shape index (κ1) is 16.6. The number of benzene rings is 1. The zero-order valence-corrected chi connectivity index (χ0v) is 13.9. The number of nitrogens with one attached hydrogen (secondary N) is 1. The van der Waals surface area contributed by atoms with E-state index in [4.69, 9.17) is 17.3 Å². The summed E-state index contributed by atoms with van der Waals surface area (Å²) in [7, 11) is 0. The van der Waals surface area contributed by atoms with E-state index in [2.05, 4.69) is 21.3 Å². The summed E-state index contributed by atoms with van der Waals surface area (Å²) in [6.07, 6.45) is 1.51. The molecule has 0 radical (unpaired) electrons. The molecule has 0 saturated carbocycles. The van der Waals surface area contributed by atoms with E-state index in [0.29, 0.717) is 27.8 Å².